The molecule has 0 aromatic rings. The van der Waals surface area contributed by atoms with E-state index in [-0.39, 0.29) is 0 Å². The van der Waals surface area contributed by atoms with Gasteiger partial charge in [0.1, 0.15) is 0 Å². The predicted molar refractivity (Wildman–Crippen MR) is 32.9 cm³/mol. The van der Waals surface area contributed by atoms with Crippen molar-refractivity contribution >= 4 is 5.90 Å². The van der Waals surface area contributed by atoms with Gasteiger partial charge in [-0.25, -0.2) is 5.26 Å². The normalized spacial score (nSPS) is 19.6. The van der Waals surface area contributed by atoms with Crippen LogP contribution in [0, 0.1) is 5.92 Å². The Hall–Kier alpha value is -0.770. The molecule has 0 bridgehead atoms. The van der Waals surface area contributed by atoms with Crippen molar-refractivity contribution in [2.45, 2.75) is 12.8 Å². The van der Waals surface area contributed by atoms with E-state index in [1.165, 1.54) is 0 Å². The van der Waals surface area contributed by atoms with Gasteiger partial charge in [-0.05, 0) is 12.8 Å². The van der Waals surface area contributed by atoms with E-state index in [1.807, 2.05) is 0 Å². The molecule has 4 heteroatoms. The average molecular weight is 130 g/mol. The second-order valence-corrected chi connectivity index (χ2v) is 2.04. The summed E-state index contributed by atoms with van der Waals surface area (Å²) in [7, 11) is 1.67. The van der Waals surface area contributed by atoms with Gasteiger partial charge in [0.25, 0.3) is 5.90 Å². The topological polar surface area (TPSA) is 53.9 Å². The molecule has 1 rings (SSSR count). The molecule has 0 atom stereocenters. The zero-order valence-electron chi connectivity index (χ0n) is 5.29. The van der Waals surface area contributed by atoms with Gasteiger partial charge in [0.2, 0.25) is 0 Å². The lowest BCUT2D eigenvalue weighted by Crippen LogP contribution is -2.09. The Bertz CT molecular complexity index is 120. The fourth-order valence-corrected chi connectivity index (χ4v) is 0.627. The highest BCUT2D eigenvalue weighted by Crippen LogP contribution is 2.30. The highest BCUT2D eigenvalue weighted by atomic mass is 17.1. The molecule has 0 radical (unpaired) electrons. The molecule has 0 saturated heterocycles. The van der Waals surface area contributed by atoms with Gasteiger partial charge >= 0.3 is 0 Å². The van der Waals surface area contributed by atoms with Crippen molar-refractivity contribution in [1.82, 2.24) is 5.43 Å². The fourth-order valence-electron chi connectivity index (χ4n) is 0.627. The first-order chi connectivity index (χ1) is 4.38. The molecular formula is C5H10N2O2. The third kappa shape index (κ3) is 1.57. The van der Waals surface area contributed by atoms with Crippen molar-refractivity contribution in [3.05, 3.63) is 0 Å². The molecule has 1 aliphatic rings. The second kappa shape index (κ2) is 2.68. The standard InChI is InChI=1S/C5H10N2O2/c1-6-7-5(9-8)4-2-3-4/h4,6,8H,2-3H2,1H3/b7-5-. The van der Waals surface area contributed by atoms with Crippen LogP contribution >= 0.6 is 0 Å². The molecule has 1 aliphatic carbocycles. The summed E-state index contributed by atoms with van der Waals surface area (Å²) >= 11 is 0. The number of rotatable bonds is 2. The van der Waals surface area contributed by atoms with Crippen molar-refractivity contribution in [3.63, 3.8) is 0 Å². The first kappa shape index (κ1) is 6.35. The van der Waals surface area contributed by atoms with Gasteiger partial charge in [-0.3, -0.25) is 0 Å². The number of nitrogens with zero attached hydrogens (tertiary/aromatic N) is 1. The number of hydrazone groups is 1. The van der Waals surface area contributed by atoms with Crippen LogP contribution in [0.2, 0.25) is 0 Å². The molecular weight excluding hydrogens is 120 g/mol. The summed E-state index contributed by atoms with van der Waals surface area (Å²) in [5.74, 6) is 0.750. The fraction of sp³-hybridized carbons (Fsp3) is 0.800. The number of nitrogens with one attached hydrogen (secondary N) is 1. The summed E-state index contributed by atoms with van der Waals surface area (Å²) in [6, 6.07) is 0. The Morgan fingerprint density at radius 2 is 2.44 bits per heavy atom. The molecule has 0 unspecified atom stereocenters. The monoisotopic (exact) mass is 130 g/mol. The third-order valence-corrected chi connectivity index (χ3v) is 1.24. The van der Waals surface area contributed by atoms with Crippen LogP contribution in [0.4, 0.5) is 0 Å². The van der Waals surface area contributed by atoms with E-state index in [0.29, 0.717) is 11.8 Å². The van der Waals surface area contributed by atoms with Crippen LogP contribution < -0.4 is 5.43 Å². The number of hydrogen-bond donors (Lipinski definition) is 2. The average Bonchev–Trinajstić information content (AvgIpc) is 2.64. The summed E-state index contributed by atoms with van der Waals surface area (Å²) in [6.07, 6.45) is 2.14. The summed E-state index contributed by atoms with van der Waals surface area (Å²) in [5, 5.41) is 11.9. The molecule has 0 spiro atoms. The van der Waals surface area contributed by atoms with E-state index in [4.69, 9.17) is 5.26 Å². The molecule has 0 aromatic carbocycles. The van der Waals surface area contributed by atoms with Gasteiger partial charge < -0.3 is 10.3 Å². The van der Waals surface area contributed by atoms with E-state index in [0.717, 1.165) is 12.8 Å². The summed E-state index contributed by atoms with van der Waals surface area (Å²) in [4.78, 5) is 4.00. The van der Waals surface area contributed by atoms with Gasteiger partial charge in [-0.1, -0.05) is 0 Å². The largest absolute Gasteiger partial charge is 0.322 e. The van der Waals surface area contributed by atoms with Crippen LogP contribution in [-0.4, -0.2) is 18.2 Å². The predicted octanol–water partition coefficient (Wildman–Crippen LogP) is 0.419. The first-order valence-corrected chi connectivity index (χ1v) is 2.94. The molecule has 0 heterocycles. The van der Waals surface area contributed by atoms with Crippen LogP contribution in [0.1, 0.15) is 12.8 Å². The smallest absolute Gasteiger partial charge is 0.251 e. The molecule has 9 heavy (non-hydrogen) atoms. The van der Waals surface area contributed by atoms with Crippen LogP contribution in [0.3, 0.4) is 0 Å². The van der Waals surface area contributed by atoms with Crippen LogP contribution in [-0.2, 0) is 4.89 Å². The van der Waals surface area contributed by atoms with E-state index in [2.05, 4.69) is 15.4 Å². The molecule has 0 aliphatic heterocycles. The van der Waals surface area contributed by atoms with Gasteiger partial charge in [0, 0.05) is 13.0 Å². The Kier molecular flexibility index (Phi) is 1.89. The van der Waals surface area contributed by atoms with Gasteiger partial charge in [-0.15, -0.1) is 5.10 Å². The quantitative estimate of drug-likeness (QED) is 0.246. The maximum absolute atomic E-state index is 8.20. The van der Waals surface area contributed by atoms with E-state index in [9.17, 15) is 0 Å². The van der Waals surface area contributed by atoms with Crippen LogP contribution in [0.15, 0.2) is 5.10 Å². The molecule has 0 aromatic heterocycles. The molecule has 1 saturated carbocycles. The van der Waals surface area contributed by atoms with Crippen molar-refractivity contribution in [1.29, 1.82) is 0 Å². The summed E-state index contributed by atoms with van der Waals surface area (Å²) in [5.41, 5.74) is 2.54. The minimum absolute atomic E-state index is 0.349. The van der Waals surface area contributed by atoms with Crippen molar-refractivity contribution in [3.8, 4) is 0 Å². The Labute approximate surface area is 53.4 Å². The van der Waals surface area contributed by atoms with Crippen molar-refractivity contribution < 1.29 is 10.1 Å². The van der Waals surface area contributed by atoms with Crippen LogP contribution in [0.25, 0.3) is 0 Å². The highest BCUT2D eigenvalue weighted by molar-refractivity contribution is 5.80. The van der Waals surface area contributed by atoms with Crippen molar-refractivity contribution in [2.24, 2.45) is 11.0 Å². The van der Waals surface area contributed by atoms with Crippen molar-refractivity contribution in [2.75, 3.05) is 7.05 Å². The number of hydrogen-bond acceptors (Lipinski definition) is 4. The zero-order chi connectivity index (χ0) is 6.69. The first-order valence-electron chi connectivity index (χ1n) is 2.94. The lowest BCUT2D eigenvalue weighted by Gasteiger charge is -1.96. The Morgan fingerprint density at radius 1 is 1.78 bits per heavy atom. The Morgan fingerprint density at radius 3 is 2.78 bits per heavy atom. The van der Waals surface area contributed by atoms with E-state index >= 15 is 0 Å². The van der Waals surface area contributed by atoms with E-state index in [1.54, 1.807) is 7.05 Å². The SMILES string of the molecule is CN/N=C(\OO)C1CC1. The van der Waals surface area contributed by atoms with Gasteiger partial charge in [0.05, 0.1) is 0 Å². The van der Waals surface area contributed by atoms with Gasteiger partial charge in [0.15, 0.2) is 0 Å². The maximum atomic E-state index is 8.20. The Balaban J connectivity index is 2.37. The minimum Gasteiger partial charge on any atom is -0.322 e. The molecule has 4 nitrogen and oxygen atoms in total. The molecule has 52 valence electrons. The summed E-state index contributed by atoms with van der Waals surface area (Å²) < 4.78 is 0. The maximum Gasteiger partial charge on any atom is 0.251 e. The third-order valence-electron chi connectivity index (χ3n) is 1.24. The molecule has 2 N–H and O–H groups in total. The lowest BCUT2D eigenvalue weighted by atomic mass is 10.4. The zero-order valence-corrected chi connectivity index (χ0v) is 5.29. The second-order valence-electron chi connectivity index (χ2n) is 2.04. The highest BCUT2D eigenvalue weighted by Gasteiger charge is 2.29. The minimum atomic E-state index is 0.349. The molecule has 1 fully saturated rings. The lowest BCUT2D eigenvalue weighted by molar-refractivity contribution is -0.158. The summed E-state index contributed by atoms with van der Waals surface area (Å²) in [6.45, 7) is 0. The van der Waals surface area contributed by atoms with Gasteiger partial charge in [-0.2, -0.15) is 0 Å². The van der Waals surface area contributed by atoms with E-state index < -0.39 is 0 Å². The molecule has 0 amide bonds. The van der Waals surface area contributed by atoms with Crippen LogP contribution in [0.5, 0.6) is 0 Å².